The molecule has 0 spiro atoms. The van der Waals surface area contributed by atoms with Crippen LogP contribution in [0.15, 0.2) is 48.5 Å². The number of rotatable bonds is 5. The van der Waals surface area contributed by atoms with Crippen LogP contribution >= 0.6 is 0 Å². The summed E-state index contributed by atoms with van der Waals surface area (Å²) < 4.78 is 5.83. The number of aryl methyl sites for hydroxylation is 2. The van der Waals surface area contributed by atoms with Crippen LogP contribution < -0.4 is 10.1 Å². The fraction of sp³-hybridized carbons (Fsp3) is 0.294. The van der Waals surface area contributed by atoms with Crippen LogP contribution in [-0.2, 0) is 0 Å². The van der Waals surface area contributed by atoms with E-state index >= 15 is 0 Å². The Bertz CT molecular complexity index is 502. The summed E-state index contributed by atoms with van der Waals surface area (Å²) in [6, 6.07) is 16.4. The SMILES string of the molecule is Cc1cc(C)cc(NC[C@H](C)Oc2ccccc2)c1. The molecule has 0 fully saturated rings. The van der Waals surface area contributed by atoms with E-state index < -0.39 is 0 Å². The molecule has 0 saturated carbocycles. The van der Waals surface area contributed by atoms with Crippen LogP contribution in [0.3, 0.4) is 0 Å². The maximum absolute atomic E-state index is 5.83. The molecular formula is C17H21NO. The average Bonchev–Trinajstić information content (AvgIpc) is 2.36. The third-order valence-electron chi connectivity index (χ3n) is 2.90. The fourth-order valence-corrected chi connectivity index (χ4v) is 2.11. The number of benzene rings is 2. The molecule has 0 bridgehead atoms. The first kappa shape index (κ1) is 13.5. The second-order valence-corrected chi connectivity index (χ2v) is 5.00. The molecule has 0 saturated heterocycles. The maximum Gasteiger partial charge on any atom is 0.119 e. The predicted octanol–water partition coefficient (Wildman–Crippen LogP) is 4.18. The van der Waals surface area contributed by atoms with Crippen molar-refractivity contribution in [3.05, 3.63) is 59.7 Å². The second-order valence-electron chi connectivity index (χ2n) is 5.00. The van der Waals surface area contributed by atoms with Gasteiger partial charge >= 0.3 is 0 Å². The summed E-state index contributed by atoms with van der Waals surface area (Å²) in [4.78, 5) is 0. The van der Waals surface area contributed by atoms with Crippen LogP contribution in [0.2, 0.25) is 0 Å². The summed E-state index contributed by atoms with van der Waals surface area (Å²) in [5.41, 5.74) is 3.71. The molecule has 100 valence electrons. The molecule has 0 amide bonds. The minimum Gasteiger partial charge on any atom is -0.489 e. The molecular weight excluding hydrogens is 234 g/mol. The average molecular weight is 255 g/mol. The molecule has 2 aromatic rings. The molecule has 1 atom stereocenters. The van der Waals surface area contributed by atoms with Crippen molar-refractivity contribution in [3.8, 4) is 5.75 Å². The summed E-state index contributed by atoms with van der Waals surface area (Å²) in [5, 5.41) is 3.42. The highest BCUT2D eigenvalue weighted by atomic mass is 16.5. The summed E-state index contributed by atoms with van der Waals surface area (Å²) >= 11 is 0. The van der Waals surface area contributed by atoms with Crippen LogP contribution in [-0.4, -0.2) is 12.6 Å². The topological polar surface area (TPSA) is 21.3 Å². The van der Waals surface area contributed by atoms with Crippen molar-refractivity contribution in [1.82, 2.24) is 0 Å². The van der Waals surface area contributed by atoms with Gasteiger partial charge in [-0.15, -0.1) is 0 Å². The number of ether oxygens (including phenoxy) is 1. The van der Waals surface area contributed by atoms with E-state index in [4.69, 9.17) is 4.74 Å². The van der Waals surface area contributed by atoms with E-state index in [1.54, 1.807) is 0 Å². The lowest BCUT2D eigenvalue weighted by Crippen LogP contribution is -2.22. The van der Waals surface area contributed by atoms with Crippen LogP contribution in [0.4, 0.5) is 5.69 Å². The van der Waals surface area contributed by atoms with Crippen molar-refractivity contribution in [3.63, 3.8) is 0 Å². The third-order valence-corrected chi connectivity index (χ3v) is 2.90. The molecule has 0 unspecified atom stereocenters. The molecule has 0 aliphatic rings. The van der Waals surface area contributed by atoms with Crippen molar-refractivity contribution in [1.29, 1.82) is 0 Å². The Morgan fingerprint density at radius 2 is 1.63 bits per heavy atom. The van der Waals surface area contributed by atoms with Crippen LogP contribution in [0.5, 0.6) is 5.75 Å². The normalized spacial score (nSPS) is 11.9. The summed E-state index contributed by atoms with van der Waals surface area (Å²) in [7, 11) is 0. The van der Waals surface area contributed by atoms with E-state index in [0.29, 0.717) is 0 Å². The third kappa shape index (κ3) is 4.32. The van der Waals surface area contributed by atoms with Crippen molar-refractivity contribution < 1.29 is 4.74 Å². The lowest BCUT2D eigenvalue weighted by molar-refractivity contribution is 0.235. The van der Waals surface area contributed by atoms with Gasteiger partial charge in [0, 0.05) is 5.69 Å². The van der Waals surface area contributed by atoms with Gasteiger partial charge in [0.05, 0.1) is 6.54 Å². The minimum atomic E-state index is 0.128. The smallest absolute Gasteiger partial charge is 0.119 e. The minimum absolute atomic E-state index is 0.128. The Hall–Kier alpha value is -1.96. The summed E-state index contributed by atoms with van der Waals surface area (Å²) in [6.45, 7) is 7.09. The van der Waals surface area contributed by atoms with E-state index in [1.165, 1.54) is 11.1 Å². The number of anilines is 1. The van der Waals surface area contributed by atoms with E-state index in [9.17, 15) is 0 Å². The molecule has 2 rings (SSSR count). The van der Waals surface area contributed by atoms with Gasteiger partial charge in [0.2, 0.25) is 0 Å². The Morgan fingerprint density at radius 1 is 1.00 bits per heavy atom. The lowest BCUT2D eigenvalue weighted by Gasteiger charge is -2.16. The molecule has 0 radical (unpaired) electrons. The number of nitrogens with one attached hydrogen (secondary N) is 1. The fourth-order valence-electron chi connectivity index (χ4n) is 2.11. The summed E-state index contributed by atoms with van der Waals surface area (Å²) in [5.74, 6) is 0.914. The van der Waals surface area contributed by atoms with Gasteiger partial charge in [-0.3, -0.25) is 0 Å². The molecule has 2 heteroatoms. The maximum atomic E-state index is 5.83. The van der Waals surface area contributed by atoms with Crippen LogP contribution in [0, 0.1) is 13.8 Å². The first-order chi connectivity index (χ1) is 9.13. The highest BCUT2D eigenvalue weighted by molar-refractivity contribution is 5.48. The Morgan fingerprint density at radius 3 is 2.26 bits per heavy atom. The van der Waals surface area contributed by atoms with Gasteiger partial charge in [0.25, 0.3) is 0 Å². The van der Waals surface area contributed by atoms with Gasteiger partial charge in [0.15, 0.2) is 0 Å². The van der Waals surface area contributed by atoms with E-state index in [-0.39, 0.29) is 6.10 Å². The number of hydrogen-bond acceptors (Lipinski definition) is 2. The molecule has 0 aliphatic heterocycles. The predicted molar refractivity (Wildman–Crippen MR) is 80.9 cm³/mol. The molecule has 19 heavy (non-hydrogen) atoms. The molecule has 1 N–H and O–H groups in total. The Labute approximate surface area is 115 Å². The molecule has 2 aromatic carbocycles. The Balaban J connectivity index is 1.88. The first-order valence-corrected chi connectivity index (χ1v) is 6.67. The zero-order valence-corrected chi connectivity index (χ0v) is 11.8. The van der Waals surface area contributed by atoms with Gasteiger partial charge in [0.1, 0.15) is 11.9 Å². The van der Waals surface area contributed by atoms with Crippen molar-refractivity contribution in [2.75, 3.05) is 11.9 Å². The van der Waals surface area contributed by atoms with E-state index in [0.717, 1.165) is 18.0 Å². The number of para-hydroxylation sites is 1. The molecule has 0 aromatic heterocycles. The first-order valence-electron chi connectivity index (χ1n) is 6.67. The van der Waals surface area contributed by atoms with Gasteiger partial charge in [-0.1, -0.05) is 24.3 Å². The van der Waals surface area contributed by atoms with Crippen LogP contribution in [0.25, 0.3) is 0 Å². The molecule has 0 heterocycles. The van der Waals surface area contributed by atoms with Gasteiger partial charge in [-0.05, 0) is 56.2 Å². The molecule has 2 nitrogen and oxygen atoms in total. The standard InChI is InChI=1S/C17H21NO/c1-13-9-14(2)11-16(10-13)18-12-15(3)19-17-7-5-4-6-8-17/h4-11,15,18H,12H2,1-3H3/t15-/m0/s1. The highest BCUT2D eigenvalue weighted by Gasteiger charge is 2.04. The number of hydrogen-bond donors (Lipinski definition) is 1. The van der Waals surface area contributed by atoms with Crippen molar-refractivity contribution >= 4 is 5.69 Å². The van der Waals surface area contributed by atoms with Crippen molar-refractivity contribution in [2.24, 2.45) is 0 Å². The van der Waals surface area contributed by atoms with Gasteiger partial charge < -0.3 is 10.1 Å². The monoisotopic (exact) mass is 255 g/mol. The van der Waals surface area contributed by atoms with Crippen molar-refractivity contribution in [2.45, 2.75) is 26.9 Å². The highest BCUT2D eigenvalue weighted by Crippen LogP contribution is 2.15. The lowest BCUT2D eigenvalue weighted by atomic mass is 10.1. The quantitative estimate of drug-likeness (QED) is 0.865. The zero-order chi connectivity index (χ0) is 13.7. The van der Waals surface area contributed by atoms with E-state index in [2.05, 4.69) is 44.3 Å². The summed E-state index contributed by atoms with van der Waals surface area (Å²) in [6.07, 6.45) is 0.128. The second kappa shape index (κ2) is 6.28. The zero-order valence-electron chi connectivity index (χ0n) is 11.8. The van der Waals surface area contributed by atoms with Gasteiger partial charge in [-0.25, -0.2) is 0 Å². The van der Waals surface area contributed by atoms with E-state index in [1.807, 2.05) is 30.3 Å². The van der Waals surface area contributed by atoms with Gasteiger partial charge in [-0.2, -0.15) is 0 Å². The van der Waals surface area contributed by atoms with Crippen LogP contribution in [0.1, 0.15) is 18.1 Å². The molecule has 0 aliphatic carbocycles. The largest absolute Gasteiger partial charge is 0.489 e. The Kier molecular flexibility index (Phi) is 4.45.